The van der Waals surface area contributed by atoms with Crippen molar-refractivity contribution in [3.05, 3.63) is 18.0 Å². The topological polar surface area (TPSA) is 66.7 Å². The zero-order chi connectivity index (χ0) is 18.9. The minimum absolute atomic E-state index is 0.0695. The highest BCUT2D eigenvalue weighted by Gasteiger charge is 2.57. The maximum absolute atomic E-state index is 12.8. The lowest BCUT2D eigenvalue weighted by Gasteiger charge is -2.38. The number of carbonyl (C=O) groups excluding carboxylic acids is 2. The van der Waals surface area contributed by atoms with Crippen LogP contribution < -0.4 is 0 Å². The lowest BCUT2D eigenvalue weighted by atomic mass is 9.91. The van der Waals surface area contributed by atoms with Crippen LogP contribution in [0.5, 0.6) is 0 Å². The summed E-state index contributed by atoms with van der Waals surface area (Å²) in [5, 5.41) is 3.79. The summed E-state index contributed by atoms with van der Waals surface area (Å²) in [6, 6.07) is 1.78. The van der Waals surface area contributed by atoms with E-state index in [0.717, 1.165) is 38.8 Å². The molecule has 1 aliphatic heterocycles. The van der Waals surface area contributed by atoms with Crippen LogP contribution in [0, 0.1) is 17.3 Å². The van der Waals surface area contributed by atoms with Gasteiger partial charge >= 0.3 is 0 Å². The second-order valence-corrected chi connectivity index (χ2v) is 8.36. The van der Waals surface area contributed by atoms with Crippen LogP contribution in [0.2, 0.25) is 0 Å². The third kappa shape index (κ3) is 3.51. The van der Waals surface area contributed by atoms with Crippen molar-refractivity contribution in [2.45, 2.75) is 59.4 Å². The average molecular weight is 361 g/mol. The number of likely N-dealkylation sites (tertiary alicyclic amines) is 1. The maximum atomic E-state index is 12.8. The fourth-order valence-electron chi connectivity index (χ4n) is 4.17. The standard InChI is InChI=1S/C20H31N3O3/c1-5-9-23(19(25)17-8-12-26-21-17)15-6-10-22(11-7-15)18(24)16-13-20(16,4)14(2)3/h8,12,14-16H,5-7,9-11,13H2,1-4H3. The highest BCUT2D eigenvalue weighted by Crippen LogP contribution is 2.58. The van der Waals surface area contributed by atoms with E-state index in [1.807, 2.05) is 9.80 Å². The summed E-state index contributed by atoms with van der Waals surface area (Å²) in [5.74, 6) is 0.959. The Morgan fingerprint density at radius 3 is 2.58 bits per heavy atom. The molecular formula is C20H31N3O3. The largest absolute Gasteiger partial charge is 0.364 e. The van der Waals surface area contributed by atoms with E-state index in [4.69, 9.17) is 4.52 Å². The first kappa shape index (κ1) is 18.9. The maximum Gasteiger partial charge on any atom is 0.276 e. The molecule has 144 valence electrons. The van der Waals surface area contributed by atoms with Crippen LogP contribution in [0.25, 0.3) is 0 Å². The molecule has 6 heteroatoms. The number of nitrogens with zero attached hydrogens (tertiary/aromatic N) is 3. The van der Waals surface area contributed by atoms with Crippen molar-refractivity contribution >= 4 is 11.8 Å². The first-order chi connectivity index (χ1) is 12.4. The van der Waals surface area contributed by atoms with Gasteiger partial charge in [0.15, 0.2) is 5.69 Å². The molecule has 2 aliphatic rings. The first-order valence-electron chi connectivity index (χ1n) is 9.88. The monoisotopic (exact) mass is 361 g/mol. The van der Waals surface area contributed by atoms with Gasteiger partial charge in [0.05, 0.1) is 0 Å². The molecule has 1 aliphatic carbocycles. The molecule has 3 rings (SSSR count). The van der Waals surface area contributed by atoms with E-state index >= 15 is 0 Å². The van der Waals surface area contributed by atoms with Crippen LogP contribution in [0.15, 0.2) is 16.9 Å². The second-order valence-electron chi connectivity index (χ2n) is 8.36. The van der Waals surface area contributed by atoms with Gasteiger partial charge in [-0.05, 0) is 37.0 Å². The Morgan fingerprint density at radius 1 is 1.38 bits per heavy atom. The van der Waals surface area contributed by atoms with Crippen molar-refractivity contribution in [3.8, 4) is 0 Å². The van der Waals surface area contributed by atoms with Gasteiger partial charge in [0.25, 0.3) is 5.91 Å². The van der Waals surface area contributed by atoms with Gasteiger partial charge < -0.3 is 14.3 Å². The summed E-state index contributed by atoms with van der Waals surface area (Å²) in [4.78, 5) is 29.5. The average Bonchev–Trinajstić information content (AvgIpc) is 3.08. The third-order valence-electron chi connectivity index (χ3n) is 6.50. The molecule has 0 spiro atoms. The normalized spacial score (nSPS) is 26.2. The summed E-state index contributed by atoms with van der Waals surface area (Å²) < 4.78 is 4.82. The predicted octanol–water partition coefficient (Wildman–Crippen LogP) is 3.20. The molecule has 2 unspecified atom stereocenters. The number of hydrogen-bond acceptors (Lipinski definition) is 4. The number of piperidine rings is 1. The predicted molar refractivity (Wildman–Crippen MR) is 98.5 cm³/mol. The van der Waals surface area contributed by atoms with Gasteiger partial charge in [-0.1, -0.05) is 32.9 Å². The third-order valence-corrected chi connectivity index (χ3v) is 6.50. The Hall–Kier alpha value is -1.85. The van der Waals surface area contributed by atoms with Crippen LogP contribution in [-0.4, -0.2) is 52.4 Å². The van der Waals surface area contributed by atoms with Gasteiger partial charge in [0.2, 0.25) is 5.91 Å². The van der Waals surface area contributed by atoms with Crippen molar-refractivity contribution in [1.82, 2.24) is 15.0 Å². The molecule has 2 amide bonds. The molecule has 0 N–H and O–H groups in total. The van der Waals surface area contributed by atoms with E-state index in [-0.39, 0.29) is 23.3 Å². The van der Waals surface area contributed by atoms with Crippen molar-refractivity contribution in [3.63, 3.8) is 0 Å². The number of aromatic nitrogens is 1. The lowest BCUT2D eigenvalue weighted by Crippen LogP contribution is -2.49. The van der Waals surface area contributed by atoms with Gasteiger partial charge in [0, 0.05) is 37.7 Å². The summed E-state index contributed by atoms with van der Waals surface area (Å²) in [7, 11) is 0. The molecule has 1 aromatic heterocycles. The molecular weight excluding hydrogens is 330 g/mol. The fraction of sp³-hybridized carbons (Fsp3) is 0.750. The minimum Gasteiger partial charge on any atom is -0.364 e. The molecule has 0 bridgehead atoms. The van der Waals surface area contributed by atoms with Gasteiger partial charge in [0.1, 0.15) is 6.26 Å². The molecule has 1 saturated carbocycles. The number of carbonyl (C=O) groups is 2. The Kier molecular flexibility index (Phi) is 5.39. The van der Waals surface area contributed by atoms with Crippen LogP contribution in [0.4, 0.5) is 0 Å². The molecule has 2 fully saturated rings. The number of amides is 2. The van der Waals surface area contributed by atoms with Crippen LogP contribution in [0.1, 0.15) is 63.9 Å². The summed E-state index contributed by atoms with van der Waals surface area (Å²) in [6.45, 7) is 10.9. The van der Waals surface area contributed by atoms with Crippen molar-refractivity contribution in [2.75, 3.05) is 19.6 Å². The van der Waals surface area contributed by atoms with E-state index in [1.165, 1.54) is 6.26 Å². The second kappa shape index (κ2) is 7.41. The Balaban J connectivity index is 1.58. The number of rotatable bonds is 6. The van der Waals surface area contributed by atoms with Gasteiger partial charge in [-0.15, -0.1) is 0 Å². The van der Waals surface area contributed by atoms with E-state index in [0.29, 0.717) is 24.1 Å². The zero-order valence-corrected chi connectivity index (χ0v) is 16.4. The minimum atomic E-state index is -0.0695. The molecule has 0 aromatic carbocycles. The molecule has 0 radical (unpaired) electrons. The zero-order valence-electron chi connectivity index (χ0n) is 16.4. The lowest BCUT2D eigenvalue weighted by molar-refractivity contribution is -0.135. The fourth-order valence-corrected chi connectivity index (χ4v) is 4.17. The Bertz CT molecular complexity index is 635. The quantitative estimate of drug-likeness (QED) is 0.780. The van der Waals surface area contributed by atoms with Gasteiger partial charge in [-0.2, -0.15) is 0 Å². The highest BCUT2D eigenvalue weighted by molar-refractivity contribution is 5.92. The van der Waals surface area contributed by atoms with E-state index in [1.54, 1.807) is 6.07 Å². The molecule has 2 heterocycles. The Morgan fingerprint density at radius 2 is 2.08 bits per heavy atom. The number of hydrogen-bond donors (Lipinski definition) is 0. The van der Waals surface area contributed by atoms with Crippen molar-refractivity contribution in [1.29, 1.82) is 0 Å². The van der Waals surface area contributed by atoms with Crippen LogP contribution in [-0.2, 0) is 4.79 Å². The summed E-state index contributed by atoms with van der Waals surface area (Å²) in [6.07, 6.45) is 5.01. The van der Waals surface area contributed by atoms with Crippen LogP contribution >= 0.6 is 0 Å². The Labute approximate surface area is 155 Å². The van der Waals surface area contributed by atoms with Gasteiger partial charge in [-0.3, -0.25) is 9.59 Å². The first-order valence-corrected chi connectivity index (χ1v) is 9.88. The van der Waals surface area contributed by atoms with E-state index < -0.39 is 0 Å². The molecule has 2 atom stereocenters. The van der Waals surface area contributed by atoms with Crippen molar-refractivity contribution < 1.29 is 14.1 Å². The van der Waals surface area contributed by atoms with E-state index in [9.17, 15) is 9.59 Å². The SMILES string of the molecule is CCCN(C(=O)c1ccon1)C1CCN(C(=O)C2CC2(C)C(C)C)CC1. The summed E-state index contributed by atoms with van der Waals surface area (Å²) in [5.41, 5.74) is 0.535. The van der Waals surface area contributed by atoms with E-state index in [2.05, 4.69) is 32.9 Å². The molecule has 1 saturated heterocycles. The smallest absolute Gasteiger partial charge is 0.276 e. The molecule has 1 aromatic rings. The van der Waals surface area contributed by atoms with Gasteiger partial charge in [-0.25, -0.2) is 0 Å². The van der Waals surface area contributed by atoms with Crippen LogP contribution in [0.3, 0.4) is 0 Å². The highest BCUT2D eigenvalue weighted by atomic mass is 16.5. The van der Waals surface area contributed by atoms with Crippen molar-refractivity contribution in [2.24, 2.45) is 17.3 Å². The summed E-state index contributed by atoms with van der Waals surface area (Å²) >= 11 is 0. The molecule has 26 heavy (non-hydrogen) atoms. The molecule has 6 nitrogen and oxygen atoms in total.